The average Bonchev–Trinajstić information content (AvgIpc) is 2.77. The summed E-state index contributed by atoms with van der Waals surface area (Å²) in [5.74, 6) is 1.56. The van der Waals surface area contributed by atoms with Crippen LogP contribution < -0.4 is 10.6 Å². The number of hydrogen-bond donors (Lipinski definition) is 2. The van der Waals surface area contributed by atoms with Gasteiger partial charge >= 0.3 is 6.03 Å². The van der Waals surface area contributed by atoms with Gasteiger partial charge in [-0.25, -0.2) is 4.79 Å². The first-order valence-electron chi connectivity index (χ1n) is 5.69. The summed E-state index contributed by atoms with van der Waals surface area (Å²) in [5.41, 5.74) is 0.651. The quantitative estimate of drug-likeness (QED) is 0.873. The predicted molar refractivity (Wildman–Crippen MR) is 68.3 cm³/mol. The number of amides is 2. The Hall–Kier alpha value is -2.30. The smallest absolute Gasteiger partial charge is 0.319 e. The monoisotopic (exact) mass is 245 g/mol. The maximum Gasteiger partial charge on any atom is 0.319 e. The lowest BCUT2D eigenvalue weighted by Gasteiger charge is -2.12. The molecule has 0 spiro atoms. The summed E-state index contributed by atoms with van der Waals surface area (Å²) >= 11 is 0. The summed E-state index contributed by atoms with van der Waals surface area (Å²) in [5, 5.41) is 5.48. The Morgan fingerprint density at radius 3 is 2.83 bits per heavy atom. The molecule has 2 heterocycles. The summed E-state index contributed by atoms with van der Waals surface area (Å²) in [4.78, 5) is 15.6. The summed E-state index contributed by atoms with van der Waals surface area (Å²) in [6.07, 6.45) is 3.23. The number of pyridine rings is 1. The third-order valence-electron chi connectivity index (χ3n) is 2.45. The molecule has 1 atom stereocenters. The van der Waals surface area contributed by atoms with E-state index in [-0.39, 0.29) is 12.1 Å². The van der Waals surface area contributed by atoms with Crippen LogP contribution in [0.1, 0.15) is 24.5 Å². The molecule has 2 rings (SSSR count). The molecule has 94 valence electrons. The van der Waals surface area contributed by atoms with Gasteiger partial charge in [-0.05, 0) is 38.1 Å². The van der Waals surface area contributed by atoms with Crippen molar-refractivity contribution in [2.75, 3.05) is 5.32 Å². The highest BCUT2D eigenvalue weighted by molar-refractivity contribution is 5.89. The first-order chi connectivity index (χ1) is 8.65. The number of urea groups is 1. The highest BCUT2D eigenvalue weighted by Crippen LogP contribution is 2.15. The fraction of sp³-hybridized carbons (Fsp3) is 0.231. The summed E-state index contributed by atoms with van der Waals surface area (Å²) in [6.45, 7) is 3.73. The van der Waals surface area contributed by atoms with Crippen molar-refractivity contribution in [3.63, 3.8) is 0 Å². The van der Waals surface area contributed by atoms with Crippen LogP contribution in [0.5, 0.6) is 0 Å². The Balaban J connectivity index is 1.92. The van der Waals surface area contributed by atoms with E-state index in [2.05, 4.69) is 15.6 Å². The molecule has 2 N–H and O–H groups in total. The number of carbonyl (C=O) groups excluding carboxylic acids is 1. The van der Waals surface area contributed by atoms with E-state index in [1.807, 2.05) is 26.0 Å². The maximum atomic E-state index is 11.7. The van der Waals surface area contributed by atoms with E-state index in [0.717, 1.165) is 11.5 Å². The van der Waals surface area contributed by atoms with Crippen LogP contribution in [0, 0.1) is 6.92 Å². The normalized spacial score (nSPS) is 11.9. The van der Waals surface area contributed by atoms with Crippen molar-refractivity contribution in [3.05, 3.63) is 48.2 Å². The van der Waals surface area contributed by atoms with Crippen LogP contribution in [-0.2, 0) is 0 Å². The Bertz CT molecular complexity index is 522. The number of carbonyl (C=O) groups is 1. The van der Waals surface area contributed by atoms with Crippen LogP contribution in [-0.4, -0.2) is 11.0 Å². The van der Waals surface area contributed by atoms with Crippen LogP contribution in [0.25, 0.3) is 0 Å². The Labute approximate surface area is 105 Å². The zero-order chi connectivity index (χ0) is 13.0. The molecule has 0 radical (unpaired) electrons. The minimum atomic E-state index is -0.287. The molecular formula is C13H15N3O2. The molecular weight excluding hydrogens is 230 g/mol. The van der Waals surface area contributed by atoms with E-state index in [4.69, 9.17) is 4.42 Å². The standard InChI is InChI=1S/C13H15N3O2/c1-9-5-6-12(18-9)10(2)15-13(17)16-11-4-3-7-14-8-11/h3-8,10H,1-2H3,(H2,15,16,17). The first kappa shape index (κ1) is 12.2. The number of aromatic nitrogens is 1. The number of nitrogens with one attached hydrogen (secondary N) is 2. The number of furan rings is 1. The van der Waals surface area contributed by atoms with Crippen molar-refractivity contribution < 1.29 is 9.21 Å². The van der Waals surface area contributed by atoms with Crippen molar-refractivity contribution >= 4 is 11.7 Å². The Morgan fingerprint density at radius 2 is 2.22 bits per heavy atom. The molecule has 2 aromatic heterocycles. The highest BCUT2D eigenvalue weighted by Gasteiger charge is 2.12. The number of anilines is 1. The van der Waals surface area contributed by atoms with Gasteiger partial charge in [-0.2, -0.15) is 0 Å². The van der Waals surface area contributed by atoms with Gasteiger partial charge < -0.3 is 15.1 Å². The van der Waals surface area contributed by atoms with Crippen LogP contribution >= 0.6 is 0 Å². The molecule has 0 aliphatic rings. The van der Waals surface area contributed by atoms with Crippen molar-refractivity contribution in [1.29, 1.82) is 0 Å². The van der Waals surface area contributed by atoms with Crippen LogP contribution in [0.4, 0.5) is 10.5 Å². The second kappa shape index (κ2) is 5.35. The van der Waals surface area contributed by atoms with Gasteiger partial charge in [0, 0.05) is 6.20 Å². The highest BCUT2D eigenvalue weighted by atomic mass is 16.3. The van der Waals surface area contributed by atoms with Gasteiger partial charge in [0.2, 0.25) is 0 Å². The summed E-state index contributed by atoms with van der Waals surface area (Å²) in [7, 11) is 0. The van der Waals surface area contributed by atoms with E-state index >= 15 is 0 Å². The Kier molecular flexibility index (Phi) is 3.62. The lowest BCUT2D eigenvalue weighted by atomic mass is 10.2. The zero-order valence-electron chi connectivity index (χ0n) is 10.3. The van der Waals surface area contributed by atoms with Crippen molar-refractivity contribution in [1.82, 2.24) is 10.3 Å². The molecule has 0 aliphatic heterocycles. The number of nitrogens with zero attached hydrogens (tertiary/aromatic N) is 1. The minimum absolute atomic E-state index is 0.185. The molecule has 0 fully saturated rings. The fourth-order valence-corrected chi connectivity index (χ4v) is 1.56. The molecule has 2 amide bonds. The average molecular weight is 245 g/mol. The molecule has 0 saturated heterocycles. The maximum absolute atomic E-state index is 11.7. The van der Waals surface area contributed by atoms with E-state index < -0.39 is 0 Å². The number of aryl methyl sites for hydroxylation is 1. The molecule has 0 aromatic carbocycles. The van der Waals surface area contributed by atoms with E-state index in [1.165, 1.54) is 0 Å². The molecule has 5 nitrogen and oxygen atoms in total. The van der Waals surface area contributed by atoms with Crippen LogP contribution in [0.15, 0.2) is 41.1 Å². The minimum Gasteiger partial charge on any atom is -0.464 e. The van der Waals surface area contributed by atoms with Gasteiger partial charge in [-0.3, -0.25) is 4.98 Å². The molecule has 0 bridgehead atoms. The van der Waals surface area contributed by atoms with Gasteiger partial charge in [-0.1, -0.05) is 0 Å². The van der Waals surface area contributed by atoms with Gasteiger partial charge in [0.15, 0.2) is 0 Å². The van der Waals surface area contributed by atoms with Gasteiger partial charge in [0.1, 0.15) is 11.5 Å². The molecule has 0 aliphatic carbocycles. The molecule has 18 heavy (non-hydrogen) atoms. The SMILES string of the molecule is Cc1ccc(C(C)NC(=O)Nc2cccnc2)o1. The summed E-state index contributed by atoms with van der Waals surface area (Å²) < 4.78 is 5.44. The molecule has 5 heteroatoms. The summed E-state index contributed by atoms with van der Waals surface area (Å²) in [6, 6.07) is 6.78. The van der Waals surface area contributed by atoms with Crippen LogP contribution in [0.3, 0.4) is 0 Å². The van der Waals surface area contributed by atoms with Gasteiger partial charge in [-0.15, -0.1) is 0 Å². The van der Waals surface area contributed by atoms with E-state index in [0.29, 0.717) is 5.69 Å². The second-order valence-corrected chi connectivity index (χ2v) is 4.01. The van der Waals surface area contributed by atoms with E-state index in [1.54, 1.807) is 24.5 Å². The third-order valence-corrected chi connectivity index (χ3v) is 2.45. The number of hydrogen-bond acceptors (Lipinski definition) is 3. The van der Waals surface area contributed by atoms with E-state index in [9.17, 15) is 4.79 Å². The predicted octanol–water partition coefficient (Wildman–Crippen LogP) is 2.87. The van der Waals surface area contributed by atoms with Crippen molar-refractivity contribution in [2.24, 2.45) is 0 Å². The Morgan fingerprint density at radius 1 is 1.39 bits per heavy atom. The molecule has 1 unspecified atom stereocenters. The third kappa shape index (κ3) is 3.10. The van der Waals surface area contributed by atoms with Gasteiger partial charge in [0.25, 0.3) is 0 Å². The first-order valence-corrected chi connectivity index (χ1v) is 5.69. The topological polar surface area (TPSA) is 67.2 Å². The zero-order valence-corrected chi connectivity index (χ0v) is 10.3. The van der Waals surface area contributed by atoms with Crippen LogP contribution in [0.2, 0.25) is 0 Å². The number of rotatable bonds is 3. The lowest BCUT2D eigenvalue weighted by Crippen LogP contribution is -2.30. The lowest BCUT2D eigenvalue weighted by molar-refractivity contribution is 0.247. The van der Waals surface area contributed by atoms with Crippen molar-refractivity contribution in [2.45, 2.75) is 19.9 Å². The van der Waals surface area contributed by atoms with Gasteiger partial charge in [0.05, 0.1) is 17.9 Å². The van der Waals surface area contributed by atoms with Crippen molar-refractivity contribution in [3.8, 4) is 0 Å². The molecule has 0 saturated carbocycles. The largest absolute Gasteiger partial charge is 0.464 e. The second-order valence-electron chi connectivity index (χ2n) is 4.01. The fourth-order valence-electron chi connectivity index (χ4n) is 1.56. The molecule has 2 aromatic rings.